The van der Waals surface area contributed by atoms with Crippen molar-refractivity contribution in [2.45, 2.75) is 24.5 Å². The van der Waals surface area contributed by atoms with Gasteiger partial charge in [-0.05, 0) is 25.0 Å². The van der Waals surface area contributed by atoms with Crippen LogP contribution in [0.1, 0.15) is 17.4 Å². The summed E-state index contributed by atoms with van der Waals surface area (Å²) in [5.41, 5.74) is 1.00. The SMILES string of the molecule is CCc1sc(S(=O)(=O)Cl)cc1C. The maximum atomic E-state index is 10.9. The summed E-state index contributed by atoms with van der Waals surface area (Å²) in [4.78, 5) is 1.08. The highest BCUT2D eigenvalue weighted by molar-refractivity contribution is 8.15. The fourth-order valence-corrected chi connectivity index (χ4v) is 3.24. The van der Waals surface area contributed by atoms with E-state index < -0.39 is 9.05 Å². The molecule has 0 saturated heterocycles. The van der Waals surface area contributed by atoms with Crippen LogP contribution in [-0.2, 0) is 15.5 Å². The topological polar surface area (TPSA) is 34.1 Å². The van der Waals surface area contributed by atoms with Crippen LogP contribution in [0, 0.1) is 6.92 Å². The predicted octanol–water partition coefficient (Wildman–Crippen LogP) is 2.55. The van der Waals surface area contributed by atoms with E-state index in [2.05, 4.69) is 0 Å². The van der Waals surface area contributed by atoms with Gasteiger partial charge in [0.05, 0.1) is 0 Å². The summed E-state index contributed by atoms with van der Waals surface area (Å²) in [6, 6.07) is 1.62. The molecule has 0 aromatic carbocycles. The molecule has 1 rings (SSSR count). The lowest BCUT2D eigenvalue weighted by Crippen LogP contribution is -1.83. The molecule has 0 unspecified atom stereocenters. The van der Waals surface area contributed by atoms with Crippen molar-refractivity contribution in [3.8, 4) is 0 Å². The van der Waals surface area contributed by atoms with Gasteiger partial charge in [0.15, 0.2) is 0 Å². The second kappa shape index (κ2) is 3.36. The van der Waals surface area contributed by atoms with E-state index in [0.717, 1.165) is 16.9 Å². The summed E-state index contributed by atoms with van der Waals surface area (Å²) in [6.07, 6.45) is 0.850. The molecule has 0 spiro atoms. The molecule has 0 aliphatic carbocycles. The third kappa shape index (κ3) is 2.00. The van der Waals surface area contributed by atoms with E-state index >= 15 is 0 Å². The van der Waals surface area contributed by atoms with Crippen molar-refractivity contribution in [3.63, 3.8) is 0 Å². The Morgan fingerprint density at radius 3 is 2.42 bits per heavy atom. The molecule has 0 aliphatic heterocycles. The van der Waals surface area contributed by atoms with Gasteiger partial charge in [-0.3, -0.25) is 0 Å². The normalized spacial score (nSPS) is 11.9. The smallest absolute Gasteiger partial charge is 0.206 e. The molecule has 0 radical (unpaired) electrons. The molecule has 5 heteroatoms. The van der Waals surface area contributed by atoms with Crippen LogP contribution in [0.15, 0.2) is 10.3 Å². The van der Waals surface area contributed by atoms with Gasteiger partial charge in [0.1, 0.15) is 4.21 Å². The summed E-state index contributed by atoms with van der Waals surface area (Å²) in [6.45, 7) is 3.88. The number of hydrogen-bond donors (Lipinski definition) is 0. The van der Waals surface area contributed by atoms with Crippen molar-refractivity contribution < 1.29 is 8.42 Å². The standard InChI is InChI=1S/C7H9ClO2S2/c1-3-6-5(2)4-7(11-6)12(8,9)10/h4H,3H2,1-2H3. The first kappa shape index (κ1) is 10.0. The third-order valence-corrected chi connectivity index (χ3v) is 5.02. The van der Waals surface area contributed by atoms with Crippen LogP contribution < -0.4 is 0 Å². The maximum absolute atomic E-state index is 10.9. The Kier molecular flexibility index (Phi) is 2.81. The van der Waals surface area contributed by atoms with E-state index in [1.807, 2.05) is 13.8 Å². The highest BCUT2D eigenvalue weighted by atomic mass is 35.7. The first-order valence-corrected chi connectivity index (χ1v) is 6.61. The van der Waals surface area contributed by atoms with Crippen LogP contribution >= 0.6 is 22.0 Å². The quantitative estimate of drug-likeness (QED) is 0.724. The summed E-state index contributed by atoms with van der Waals surface area (Å²) < 4.78 is 22.0. The highest BCUT2D eigenvalue weighted by Gasteiger charge is 2.14. The van der Waals surface area contributed by atoms with Gasteiger partial charge in [0.25, 0.3) is 9.05 Å². The second-order valence-electron chi connectivity index (χ2n) is 2.46. The van der Waals surface area contributed by atoms with Crippen molar-refractivity contribution in [1.29, 1.82) is 0 Å². The molecule has 12 heavy (non-hydrogen) atoms. The van der Waals surface area contributed by atoms with Crippen molar-refractivity contribution in [3.05, 3.63) is 16.5 Å². The zero-order chi connectivity index (χ0) is 9.35. The Hall–Kier alpha value is -0.0600. The van der Waals surface area contributed by atoms with Crippen molar-refractivity contribution in [1.82, 2.24) is 0 Å². The van der Waals surface area contributed by atoms with Crippen molar-refractivity contribution in [2.75, 3.05) is 0 Å². The van der Waals surface area contributed by atoms with Crippen LogP contribution in [0.5, 0.6) is 0 Å². The van der Waals surface area contributed by atoms with E-state index in [0.29, 0.717) is 0 Å². The molecular weight excluding hydrogens is 216 g/mol. The Morgan fingerprint density at radius 2 is 2.17 bits per heavy atom. The predicted molar refractivity (Wildman–Crippen MR) is 51.5 cm³/mol. The van der Waals surface area contributed by atoms with Gasteiger partial charge in [0.2, 0.25) is 0 Å². The first-order chi connectivity index (χ1) is 5.45. The van der Waals surface area contributed by atoms with Crippen LogP contribution in [0.2, 0.25) is 0 Å². The van der Waals surface area contributed by atoms with Crippen LogP contribution in [0.25, 0.3) is 0 Å². The van der Waals surface area contributed by atoms with Crippen molar-refractivity contribution in [2.24, 2.45) is 0 Å². The Morgan fingerprint density at radius 1 is 1.58 bits per heavy atom. The summed E-state index contributed by atoms with van der Waals surface area (Å²) in [7, 11) is 1.66. The average Bonchev–Trinajstić information content (AvgIpc) is 2.29. The molecular formula is C7H9ClO2S2. The van der Waals surface area contributed by atoms with Gasteiger partial charge >= 0.3 is 0 Å². The fourth-order valence-electron chi connectivity index (χ4n) is 0.960. The van der Waals surface area contributed by atoms with Gasteiger partial charge in [-0.2, -0.15) is 0 Å². The van der Waals surface area contributed by atoms with Crippen molar-refractivity contribution >= 4 is 31.1 Å². The van der Waals surface area contributed by atoms with Crippen LogP contribution in [0.3, 0.4) is 0 Å². The fraction of sp³-hybridized carbons (Fsp3) is 0.429. The molecule has 0 aliphatic rings. The number of thiophene rings is 1. The number of halogens is 1. The first-order valence-electron chi connectivity index (χ1n) is 3.49. The highest BCUT2D eigenvalue weighted by Crippen LogP contribution is 2.28. The van der Waals surface area contributed by atoms with E-state index in [-0.39, 0.29) is 4.21 Å². The van der Waals surface area contributed by atoms with Gasteiger partial charge in [-0.1, -0.05) is 6.92 Å². The Labute approximate surface area is 80.6 Å². The largest absolute Gasteiger partial charge is 0.270 e. The lowest BCUT2D eigenvalue weighted by Gasteiger charge is -1.88. The summed E-state index contributed by atoms with van der Waals surface area (Å²) in [5.74, 6) is 0. The molecule has 0 N–H and O–H groups in total. The van der Waals surface area contributed by atoms with E-state index in [4.69, 9.17) is 10.7 Å². The molecule has 0 bridgehead atoms. The Balaban J connectivity index is 3.23. The zero-order valence-corrected chi connectivity index (χ0v) is 9.18. The number of aryl methyl sites for hydroxylation is 2. The monoisotopic (exact) mass is 224 g/mol. The minimum atomic E-state index is -3.52. The minimum Gasteiger partial charge on any atom is -0.206 e. The molecule has 0 fully saturated rings. The molecule has 0 saturated carbocycles. The number of hydrogen-bond acceptors (Lipinski definition) is 3. The second-order valence-corrected chi connectivity index (χ2v) is 6.39. The molecule has 1 heterocycles. The maximum Gasteiger partial charge on any atom is 0.270 e. The molecule has 68 valence electrons. The molecule has 2 nitrogen and oxygen atoms in total. The average molecular weight is 225 g/mol. The van der Waals surface area contributed by atoms with Gasteiger partial charge in [-0.25, -0.2) is 8.42 Å². The molecule has 0 amide bonds. The lowest BCUT2D eigenvalue weighted by atomic mass is 10.2. The van der Waals surface area contributed by atoms with Gasteiger partial charge in [0, 0.05) is 15.6 Å². The van der Waals surface area contributed by atoms with Crippen LogP contribution in [-0.4, -0.2) is 8.42 Å². The van der Waals surface area contributed by atoms with Crippen LogP contribution in [0.4, 0.5) is 0 Å². The number of rotatable bonds is 2. The van der Waals surface area contributed by atoms with E-state index in [9.17, 15) is 8.42 Å². The molecule has 0 atom stereocenters. The Bertz CT molecular complexity index is 378. The zero-order valence-electron chi connectivity index (χ0n) is 6.80. The minimum absolute atomic E-state index is 0.249. The summed E-state index contributed by atoms with van der Waals surface area (Å²) in [5, 5.41) is 0. The molecule has 1 aromatic heterocycles. The van der Waals surface area contributed by atoms with Gasteiger partial charge in [-0.15, -0.1) is 11.3 Å². The van der Waals surface area contributed by atoms with E-state index in [1.165, 1.54) is 11.3 Å². The van der Waals surface area contributed by atoms with Gasteiger partial charge < -0.3 is 0 Å². The third-order valence-electron chi connectivity index (χ3n) is 1.56. The lowest BCUT2D eigenvalue weighted by molar-refractivity contribution is 0.611. The molecule has 1 aromatic rings. The summed E-state index contributed by atoms with van der Waals surface area (Å²) >= 11 is 1.25. The van der Waals surface area contributed by atoms with E-state index in [1.54, 1.807) is 6.07 Å².